The lowest BCUT2D eigenvalue weighted by Crippen LogP contribution is -2.25. The predicted octanol–water partition coefficient (Wildman–Crippen LogP) is 0.932. The summed E-state index contributed by atoms with van der Waals surface area (Å²) in [6.07, 6.45) is 6.10. The van der Waals surface area contributed by atoms with Gasteiger partial charge in [-0.1, -0.05) is 12.8 Å². The second kappa shape index (κ2) is 9.60. The van der Waals surface area contributed by atoms with Gasteiger partial charge in [0.1, 0.15) is 0 Å². The highest BCUT2D eigenvalue weighted by Crippen LogP contribution is 2.09. The number of rotatable bonds is 2. The molecule has 6 nitrogen and oxygen atoms in total. The fourth-order valence-corrected chi connectivity index (χ4v) is 1.57. The van der Waals surface area contributed by atoms with Crippen molar-refractivity contribution in [1.82, 2.24) is 4.90 Å². The molecule has 2 N–H and O–H groups in total. The first-order valence-corrected chi connectivity index (χ1v) is 5.63. The summed E-state index contributed by atoms with van der Waals surface area (Å²) < 4.78 is 0. The van der Waals surface area contributed by atoms with Gasteiger partial charge in [-0.15, -0.1) is 0 Å². The van der Waals surface area contributed by atoms with Crippen molar-refractivity contribution in [3.8, 4) is 6.07 Å². The van der Waals surface area contributed by atoms with E-state index in [1.807, 2.05) is 0 Å². The Labute approximate surface area is 100 Å². The van der Waals surface area contributed by atoms with Crippen molar-refractivity contribution in [2.24, 2.45) is 0 Å². The van der Waals surface area contributed by atoms with Crippen LogP contribution in [0.25, 0.3) is 0 Å². The molecule has 0 aromatic heterocycles. The van der Waals surface area contributed by atoms with Crippen LogP contribution in [0.3, 0.4) is 0 Å². The zero-order valence-electron chi connectivity index (χ0n) is 9.76. The number of hydrogen-bond acceptors (Lipinski definition) is 4. The number of carboxylic acids is 2. The molecule has 1 rings (SSSR count). The molecule has 1 saturated heterocycles. The Kier molecular flexibility index (Phi) is 8.69. The van der Waals surface area contributed by atoms with Crippen LogP contribution < -0.4 is 0 Å². The molecule has 0 spiro atoms. The summed E-state index contributed by atoms with van der Waals surface area (Å²) in [6, 6.07) is 2.19. The zero-order valence-corrected chi connectivity index (χ0v) is 9.76. The molecule has 96 valence electrons. The molecule has 17 heavy (non-hydrogen) atoms. The van der Waals surface area contributed by atoms with Crippen LogP contribution in [0.15, 0.2) is 0 Å². The van der Waals surface area contributed by atoms with Gasteiger partial charge in [0.25, 0.3) is 0 Å². The monoisotopic (exact) mass is 242 g/mol. The van der Waals surface area contributed by atoms with E-state index in [0.29, 0.717) is 6.42 Å². The first-order chi connectivity index (χ1) is 8.07. The molecule has 0 saturated carbocycles. The van der Waals surface area contributed by atoms with E-state index in [-0.39, 0.29) is 0 Å². The molecule has 1 heterocycles. The maximum atomic E-state index is 9.10. The molecule has 1 fully saturated rings. The molecule has 0 aliphatic carbocycles. The number of carbonyl (C=O) groups is 2. The van der Waals surface area contributed by atoms with E-state index in [4.69, 9.17) is 25.1 Å². The Morgan fingerprint density at radius 1 is 1.06 bits per heavy atom. The lowest BCUT2D eigenvalue weighted by molar-refractivity contribution is -0.159. The molecule has 1 aliphatic rings. The highest BCUT2D eigenvalue weighted by Gasteiger charge is 2.07. The Bertz CT molecular complexity index is 266. The Morgan fingerprint density at radius 2 is 1.53 bits per heavy atom. The first-order valence-electron chi connectivity index (χ1n) is 5.63. The molecule has 0 aromatic carbocycles. The third kappa shape index (κ3) is 9.33. The molecule has 0 radical (unpaired) electrons. The quantitative estimate of drug-likeness (QED) is 0.698. The van der Waals surface area contributed by atoms with E-state index in [9.17, 15) is 0 Å². The zero-order chi connectivity index (χ0) is 13.1. The summed E-state index contributed by atoms with van der Waals surface area (Å²) >= 11 is 0. The maximum absolute atomic E-state index is 9.10. The van der Waals surface area contributed by atoms with Crippen LogP contribution in [-0.4, -0.2) is 46.7 Å². The highest BCUT2D eigenvalue weighted by molar-refractivity contribution is 6.27. The molecular weight excluding hydrogens is 224 g/mol. The summed E-state index contributed by atoms with van der Waals surface area (Å²) in [4.78, 5) is 20.6. The summed E-state index contributed by atoms with van der Waals surface area (Å²) in [5, 5.41) is 23.2. The first kappa shape index (κ1) is 15.4. The minimum absolute atomic E-state index is 0.694. The molecule has 0 atom stereocenters. The molecule has 0 bridgehead atoms. The normalized spacial score (nSPS) is 15.9. The average Bonchev–Trinajstić information content (AvgIpc) is 2.55. The van der Waals surface area contributed by atoms with Gasteiger partial charge in [-0.25, -0.2) is 9.59 Å². The van der Waals surface area contributed by atoms with E-state index in [2.05, 4.69) is 11.0 Å². The predicted molar refractivity (Wildman–Crippen MR) is 60.4 cm³/mol. The Hall–Kier alpha value is -1.61. The van der Waals surface area contributed by atoms with Crippen molar-refractivity contribution in [3.05, 3.63) is 0 Å². The summed E-state index contributed by atoms with van der Waals surface area (Å²) in [6.45, 7) is 3.40. The lowest BCUT2D eigenvalue weighted by atomic mass is 10.2. The molecule has 1 aliphatic heterocycles. The van der Waals surface area contributed by atoms with Gasteiger partial charge in [-0.3, -0.25) is 0 Å². The van der Waals surface area contributed by atoms with Crippen LogP contribution in [0.4, 0.5) is 0 Å². The van der Waals surface area contributed by atoms with Gasteiger partial charge in [0.05, 0.1) is 6.07 Å². The maximum Gasteiger partial charge on any atom is 0.414 e. The number of nitrogens with zero attached hydrogens (tertiary/aromatic N) is 2. The standard InChI is InChI=1S/C9H16N2.C2H2O4/c10-6-5-9-11-7-3-1-2-4-8-11;3-1(4)2(5)6/h1-5,7-9H2;(H,3,4)(H,5,6). The van der Waals surface area contributed by atoms with Crippen molar-refractivity contribution in [1.29, 1.82) is 5.26 Å². The number of nitriles is 1. The summed E-state index contributed by atoms with van der Waals surface area (Å²) in [7, 11) is 0. The molecular formula is C11H18N2O4. The van der Waals surface area contributed by atoms with E-state index < -0.39 is 11.9 Å². The second-order valence-electron chi connectivity index (χ2n) is 3.77. The Balaban J connectivity index is 0.000000366. The largest absolute Gasteiger partial charge is 0.473 e. The minimum atomic E-state index is -1.82. The molecule has 0 aromatic rings. The van der Waals surface area contributed by atoms with Gasteiger partial charge in [0.15, 0.2) is 0 Å². The highest BCUT2D eigenvalue weighted by atomic mass is 16.4. The van der Waals surface area contributed by atoms with Crippen LogP contribution >= 0.6 is 0 Å². The van der Waals surface area contributed by atoms with Crippen molar-refractivity contribution in [2.75, 3.05) is 19.6 Å². The van der Waals surface area contributed by atoms with Crippen LogP contribution in [0.2, 0.25) is 0 Å². The molecule has 0 amide bonds. The second-order valence-corrected chi connectivity index (χ2v) is 3.77. The molecule has 0 unspecified atom stereocenters. The van der Waals surface area contributed by atoms with Crippen molar-refractivity contribution in [3.63, 3.8) is 0 Å². The summed E-state index contributed by atoms with van der Waals surface area (Å²) in [5.41, 5.74) is 0. The van der Waals surface area contributed by atoms with E-state index in [1.165, 1.54) is 38.8 Å². The Morgan fingerprint density at radius 3 is 1.88 bits per heavy atom. The average molecular weight is 242 g/mol. The van der Waals surface area contributed by atoms with Crippen LogP contribution in [0.1, 0.15) is 32.1 Å². The number of aliphatic carboxylic acids is 2. The van der Waals surface area contributed by atoms with Crippen molar-refractivity contribution in [2.45, 2.75) is 32.1 Å². The smallest absolute Gasteiger partial charge is 0.414 e. The number of likely N-dealkylation sites (tertiary alicyclic amines) is 1. The van der Waals surface area contributed by atoms with Gasteiger partial charge >= 0.3 is 11.9 Å². The fraction of sp³-hybridized carbons (Fsp3) is 0.727. The number of hydrogen-bond donors (Lipinski definition) is 2. The number of carboxylic acid groups (broad SMARTS) is 2. The van der Waals surface area contributed by atoms with E-state index in [0.717, 1.165) is 6.54 Å². The van der Waals surface area contributed by atoms with Crippen molar-refractivity contribution >= 4 is 11.9 Å². The van der Waals surface area contributed by atoms with Gasteiger partial charge < -0.3 is 15.1 Å². The topological polar surface area (TPSA) is 102 Å². The van der Waals surface area contributed by atoms with Gasteiger partial charge in [0.2, 0.25) is 0 Å². The lowest BCUT2D eigenvalue weighted by Gasteiger charge is -2.17. The summed E-state index contributed by atoms with van der Waals surface area (Å²) in [5.74, 6) is -3.65. The SMILES string of the molecule is N#CCCN1CCCCCC1.O=C(O)C(=O)O. The van der Waals surface area contributed by atoms with Crippen LogP contribution in [0.5, 0.6) is 0 Å². The van der Waals surface area contributed by atoms with Crippen LogP contribution in [0, 0.1) is 11.3 Å². The van der Waals surface area contributed by atoms with E-state index >= 15 is 0 Å². The molecule has 6 heteroatoms. The fourth-order valence-electron chi connectivity index (χ4n) is 1.57. The van der Waals surface area contributed by atoms with Gasteiger partial charge in [-0.05, 0) is 25.9 Å². The van der Waals surface area contributed by atoms with Crippen LogP contribution in [-0.2, 0) is 9.59 Å². The minimum Gasteiger partial charge on any atom is -0.473 e. The third-order valence-electron chi connectivity index (χ3n) is 2.42. The van der Waals surface area contributed by atoms with Gasteiger partial charge in [0, 0.05) is 13.0 Å². The van der Waals surface area contributed by atoms with Crippen molar-refractivity contribution < 1.29 is 19.8 Å². The third-order valence-corrected chi connectivity index (χ3v) is 2.42. The van der Waals surface area contributed by atoms with E-state index in [1.54, 1.807) is 0 Å². The van der Waals surface area contributed by atoms with Gasteiger partial charge in [-0.2, -0.15) is 5.26 Å².